The summed E-state index contributed by atoms with van der Waals surface area (Å²) in [4.78, 5) is 14.4. The van der Waals surface area contributed by atoms with E-state index in [9.17, 15) is 9.18 Å². The third-order valence-electron chi connectivity index (χ3n) is 4.28. The lowest BCUT2D eigenvalue weighted by molar-refractivity contribution is -0.132. The third kappa shape index (κ3) is 3.93. The van der Waals surface area contributed by atoms with Crippen LogP contribution in [-0.2, 0) is 11.8 Å². The first-order valence-electron chi connectivity index (χ1n) is 8.30. The second kappa shape index (κ2) is 7.47. The molecular weight excluding hydrogens is 309 g/mol. The number of benzene rings is 1. The lowest BCUT2D eigenvalue weighted by Gasteiger charge is -2.24. The Kier molecular flexibility index (Phi) is 5.13. The maximum atomic E-state index is 13.1. The minimum absolute atomic E-state index is 0.135. The Balaban J connectivity index is 1.47. The van der Waals surface area contributed by atoms with Gasteiger partial charge in [0, 0.05) is 37.8 Å². The first kappa shape index (κ1) is 16.5. The van der Waals surface area contributed by atoms with Gasteiger partial charge in [0.1, 0.15) is 11.6 Å². The van der Waals surface area contributed by atoms with E-state index in [-0.39, 0.29) is 17.8 Å². The summed E-state index contributed by atoms with van der Waals surface area (Å²) in [6, 6.07) is 6.18. The van der Waals surface area contributed by atoms with Crippen molar-refractivity contribution in [2.24, 2.45) is 7.05 Å². The van der Waals surface area contributed by atoms with Crippen molar-refractivity contribution >= 4 is 5.91 Å². The van der Waals surface area contributed by atoms with Crippen molar-refractivity contribution in [3.8, 4) is 5.75 Å². The minimum Gasteiger partial charge on any atom is -0.493 e. The van der Waals surface area contributed by atoms with Crippen LogP contribution >= 0.6 is 0 Å². The number of carbonyl (C=O) groups excluding carboxylic acids is 1. The van der Waals surface area contributed by atoms with Crippen LogP contribution in [0.2, 0.25) is 0 Å². The van der Waals surface area contributed by atoms with Gasteiger partial charge in [-0.2, -0.15) is 5.10 Å². The van der Waals surface area contributed by atoms with Gasteiger partial charge in [-0.25, -0.2) is 4.39 Å². The second-order valence-electron chi connectivity index (χ2n) is 6.10. The Labute approximate surface area is 141 Å². The van der Waals surface area contributed by atoms with Crippen LogP contribution in [0.15, 0.2) is 36.7 Å². The standard InChI is InChI=1S/C18H22FN3O2/c1-21-13-14(12-20-21)17-7-3-9-22(17)18(23)8-4-10-24-16-6-2-5-15(19)11-16/h2,5-6,11-13,17H,3-4,7-10H2,1H3. The summed E-state index contributed by atoms with van der Waals surface area (Å²) in [5, 5.41) is 4.20. The van der Waals surface area contributed by atoms with Gasteiger partial charge >= 0.3 is 0 Å². The Morgan fingerprint density at radius 1 is 1.46 bits per heavy atom. The molecule has 3 rings (SSSR count). The molecule has 0 saturated carbocycles. The van der Waals surface area contributed by atoms with Gasteiger partial charge in [0.2, 0.25) is 5.91 Å². The van der Waals surface area contributed by atoms with E-state index in [1.165, 1.54) is 12.1 Å². The first-order valence-corrected chi connectivity index (χ1v) is 8.30. The lowest BCUT2D eigenvalue weighted by Crippen LogP contribution is -2.30. The Bertz CT molecular complexity index is 701. The van der Waals surface area contributed by atoms with Crippen molar-refractivity contribution in [1.82, 2.24) is 14.7 Å². The largest absolute Gasteiger partial charge is 0.493 e. The molecule has 1 unspecified atom stereocenters. The minimum atomic E-state index is -0.319. The van der Waals surface area contributed by atoms with Crippen molar-refractivity contribution < 1.29 is 13.9 Å². The number of nitrogens with zero attached hydrogens (tertiary/aromatic N) is 3. The molecule has 1 atom stereocenters. The summed E-state index contributed by atoms with van der Waals surface area (Å²) in [5.41, 5.74) is 1.10. The van der Waals surface area contributed by atoms with E-state index >= 15 is 0 Å². The lowest BCUT2D eigenvalue weighted by atomic mass is 10.1. The molecule has 0 spiro atoms. The van der Waals surface area contributed by atoms with Gasteiger partial charge in [-0.3, -0.25) is 9.48 Å². The zero-order chi connectivity index (χ0) is 16.9. The number of halogens is 1. The highest BCUT2D eigenvalue weighted by molar-refractivity contribution is 5.77. The summed E-state index contributed by atoms with van der Waals surface area (Å²) < 4.78 is 20.3. The maximum absolute atomic E-state index is 13.1. The average Bonchev–Trinajstić information content (AvgIpc) is 3.20. The molecule has 6 heteroatoms. The molecule has 0 N–H and O–H groups in total. The number of likely N-dealkylation sites (tertiary alicyclic amines) is 1. The number of carbonyl (C=O) groups is 1. The van der Waals surface area contributed by atoms with Crippen LogP contribution in [0.1, 0.15) is 37.3 Å². The zero-order valence-electron chi connectivity index (χ0n) is 13.8. The summed E-state index contributed by atoms with van der Waals surface area (Å²) in [6.45, 7) is 1.20. The molecule has 1 aromatic heterocycles. The van der Waals surface area contributed by atoms with Crippen molar-refractivity contribution in [2.75, 3.05) is 13.2 Å². The maximum Gasteiger partial charge on any atom is 0.223 e. The van der Waals surface area contributed by atoms with Crippen LogP contribution in [-0.4, -0.2) is 33.7 Å². The zero-order valence-corrected chi connectivity index (χ0v) is 13.8. The molecule has 128 valence electrons. The number of amides is 1. The fourth-order valence-corrected chi connectivity index (χ4v) is 3.14. The van der Waals surface area contributed by atoms with Gasteiger partial charge in [0.25, 0.3) is 0 Å². The van der Waals surface area contributed by atoms with Crippen LogP contribution in [0.3, 0.4) is 0 Å². The highest BCUT2D eigenvalue weighted by Gasteiger charge is 2.30. The summed E-state index contributed by atoms with van der Waals surface area (Å²) >= 11 is 0. The molecule has 1 fully saturated rings. The highest BCUT2D eigenvalue weighted by atomic mass is 19.1. The molecule has 5 nitrogen and oxygen atoms in total. The van der Waals surface area contributed by atoms with E-state index < -0.39 is 0 Å². The summed E-state index contributed by atoms with van der Waals surface area (Å²) in [6.07, 6.45) is 6.87. The number of hydrogen-bond acceptors (Lipinski definition) is 3. The van der Waals surface area contributed by atoms with E-state index in [0.717, 1.165) is 24.9 Å². The van der Waals surface area contributed by atoms with Gasteiger partial charge < -0.3 is 9.64 Å². The van der Waals surface area contributed by atoms with Crippen molar-refractivity contribution in [1.29, 1.82) is 0 Å². The molecule has 1 saturated heterocycles. The van der Waals surface area contributed by atoms with E-state index in [2.05, 4.69) is 5.10 Å². The van der Waals surface area contributed by atoms with Crippen LogP contribution in [0.4, 0.5) is 4.39 Å². The van der Waals surface area contributed by atoms with Gasteiger partial charge in [0.05, 0.1) is 18.8 Å². The summed E-state index contributed by atoms with van der Waals surface area (Å²) in [5.74, 6) is 0.320. The molecule has 2 heterocycles. The van der Waals surface area contributed by atoms with Gasteiger partial charge in [-0.15, -0.1) is 0 Å². The molecule has 2 aromatic rings. The van der Waals surface area contributed by atoms with E-state index in [4.69, 9.17) is 4.74 Å². The van der Waals surface area contributed by atoms with Gasteiger partial charge in [-0.1, -0.05) is 6.07 Å². The fraction of sp³-hybridized carbons (Fsp3) is 0.444. The molecular formula is C18H22FN3O2. The van der Waals surface area contributed by atoms with Crippen molar-refractivity contribution in [2.45, 2.75) is 31.7 Å². The predicted octanol–water partition coefficient (Wildman–Crippen LogP) is 3.08. The second-order valence-corrected chi connectivity index (χ2v) is 6.10. The Morgan fingerprint density at radius 3 is 3.08 bits per heavy atom. The number of aryl methyl sites for hydroxylation is 1. The molecule has 1 aliphatic heterocycles. The molecule has 0 bridgehead atoms. The van der Waals surface area contributed by atoms with Crippen LogP contribution < -0.4 is 4.74 Å². The molecule has 1 aliphatic rings. The van der Waals surface area contributed by atoms with Crippen LogP contribution in [0, 0.1) is 5.82 Å². The Hall–Kier alpha value is -2.37. The Morgan fingerprint density at radius 2 is 2.33 bits per heavy atom. The number of ether oxygens (including phenoxy) is 1. The molecule has 0 radical (unpaired) electrons. The monoisotopic (exact) mass is 331 g/mol. The van der Waals surface area contributed by atoms with Crippen LogP contribution in [0.5, 0.6) is 5.75 Å². The summed E-state index contributed by atoms with van der Waals surface area (Å²) in [7, 11) is 1.88. The number of aromatic nitrogens is 2. The normalized spacial score (nSPS) is 17.2. The first-order chi connectivity index (χ1) is 11.6. The van der Waals surface area contributed by atoms with Crippen LogP contribution in [0.25, 0.3) is 0 Å². The van der Waals surface area contributed by atoms with Crippen molar-refractivity contribution in [3.05, 3.63) is 48.0 Å². The van der Waals surface area contributed by atoms with E-state index in [0.29, 0.717) is 25.2 Å². The molecule has 24 heavy (non-hydrogen) atoms. The molecule has 1 aromatic carbocycles. The number of rotatable bonds is 6. The van der Waals surface area contributed by atoms with Gasteiger partial charge in [0.15, 0.2) is 0 Å². The van der Waals surface area contributed by atoms with Gasteiger partial charge in [-0.05, 0) is 31.4 Å². The SMILES string of the molecule is Cn1cc(C2CCCN2C(=O)CCCOc2cccc(F)c2)cn1. The van der Waals surface area contributed by atoms with E-state index in [1.807, 2.05) is 24.3 Å². The fourth-order valence-electron chi connectivity index (χ4n) is 3.14. The predicted molar refractivity (Wildman–Crippen MR) is 88.0 cm³/mol. The smallest absolute Gasteiger partial charge is 0.223 e. The highest BCUT2D eigenvalue weighted by Crippen LogP contribution is 2.32. The number of hydrogen-bond donors (Lipinski definition) is 0. The average molecular weight is 331 g/mol. The van der Waals surface area contributed by atoms with Crippen molar-refractivity contribution in [3.63, 3.8) is 0 Å². The quantitative estimate of drug-likeness (QED) is 0.764. The molecule has 0 aliphatic carbocycles. The molecule has 1 amide bonds. The van der Waals surface area contributed by atoms with E-state index in [1.54, 1.807) is 16.8 Å². The topological polar surface area (TPSA) is 47.4 Å². The third-order valence-corrected chi connectivity index (χ3v) is 4.28.